The van der Waals surface area contributed by atoms with Crippen LogP contribution in [0.3, 0.4) is 0 Å². The van der Waals surface area contributed by atoms with Crippen LogP contribution in [0.25, 0.3) is 0 Å². The number of rotatable bonds is 16. The topological polar surface area (TPSA) is 93.2 Å². The molecule has 316 valence electrons. The molecule has 0 aliphatic carbocycles. The Labute approximate surface area is 349 Å². The van der Waals surface area contributed by atoms with Crippen molar-refractivity contribution in [3.8, 4) is 0 Å². The summed E-state index contributed by atoms with van der Waals surface area (Å²) in [4.78, 5) is 0.754. The quantitative estimate of drug-likeness (QED) is 0.157. The Balaban J connectivity index is 0.000000177. The fourth-order valence-electron chi connectivity index (χ4n) is 10.2. The highest BCUT2D eigenvalue weighted by atomic mass is 32.2. The molecule has 0 N–H and O–H groups in total. The van der Waals surface area contributed by atoms with Gasteiger partial charge in [-0.05, 0) is 101 Å². The lowest BCUT2D eigenvalue weighted by Gasteiger charge is -2.39. The number of nitrogens with zero attached hydrogens (tertiary/aromatic N) is 2. The molecule has 6 heterocycles. The van der Waals surface area contributed by atoms with Gasteiger partial charge in [-0.25, -0.2) is 16.8 Å². The van der Waals surface area contributed by atoms with E-state index < -0.39 is 31.2 Å². The summed E-state index contributed by atoms with van der Waals surface area (Å²) in [6, 6.07) is 14.4. The molecular weight excluding hydrogens is 765 g/mol. The molecule has 0 unspecified atom stereocenters. The van der Waals surface area contributed by atoms with E-state index in [0.29, 0.717) is 36.0 Å². The normalized spacial score (nSPS) is 28.9. The van der Waals surface area contributed by atoms with Gasteiger partial charge in [-0.15, -0.1) is 0 Å². The number of hydrogen-bond donors (Lipinski definition) is 0. The summed E-state index contributed by atoms with van der Waals surface area (Å²) < 4.78 is 69.8. The van der Waals surface area contributed by atoms with E-state index in [-0.39, 0.29) is 24.0 Å². The first-order chi connectivity index (χ1) is 27.8. The van der Waals surface area contributed by atoms with Crippen LogP contribution in [0.4, 0.5) is 0 Å². The van der Waals surface area contributed by atoms with Crippen molar-refractivity contribution in [2.24, 2.45) is 11.8 Å². The zero-order valence-electron chi connectivity index (χ0n) is 35.7. The highest BCUT2D eigenvalue weighted by molar-refractivity contribution is 7.89. The van der Waals surface area contributed by atoms with Crippen LogP contribution < -0.4 is 0 Å². The third kappa shape index (κ3) is 8.15. The van der Waals surface area contributed by atoms with Crippen LogP contribution in [-0.4, -0.2) is 75.0 Å². The highest BCUT2D eigenvalue weighted by Gasteiger charge is 2.58. The van der Waals surface area contributed by atoms with Gasteiger partial charge in [0.25, 0.3) is 0 Å². The van der Waals surface area contributed by atoms with Gasteiger partial charge in [0.15, 0.2) is 0 Å². The molecule has 2 aromatic carbocycles. The smallest absolute Gasteiger partial charge is 0.243 e. The molecule has 6 aliphatic heterocycles. The van der Waals surface area contributed by atoms with E-state index in [2.05, 4.69) is 52.0 Å². The lowest BCUT2D eigenvalue weighted by Crippen LogP contribution is -2.43. The minimum atomic E-state index is -3.52. The monoisotopic (exact) mass is 830 g/mol. The second-order valence-electron chi connectivity index (χ2n) is 17.5. The molecule has 0 saturated carbocycles. The first-order valence-corrected chi connectivity index (χ1v) is 25.0. The second-order valence-corrected chi connectivity index (χ2v) is 21.4. The average Bonchev–Trinajstić information content (AvgIpc) is 4.00. The van der Waals surface area contributed by atoms with Gasteiger partial charge in [-0.2, -0.15) is 8.61 Å². The molecule has 4 bridgehead atoms. The Morgan fingerprint density at radius 1 is 0.534 bits per heavy atom. The van der Waals surface area contributed by atoms with Gasteiger partial charge in [-0.1, -0.05) is 124 Å². The standard InChI is InChI=1S/2C24H33NO3S/c2*1-4-6-8-20-21(9-7-5-2)23-14-15-24(28-23)17-25(16-22(20)24)29(26,27)19-12-10-18(3)11-13-19/h2*10-15,22-23H,4-9,16-17H2,1-3H3/t2*22-,23-,24-/m00/s1. The Morgan fingerprint density at radius 3 is 1.19 bits per heavy atom. The van der Waals surface area contributed by atoms with E-state index in [1.807, 2.05) is 38.1 Å². The summed E-state index contributed by atoms with van der Waals surface area (Å²) in [6.45, 7) is 14.7. The van der Waals surface area contributed by atoms with Gasteiger partial charge >= 0.3 is 0 Å². The molecule has 10 heteroatoms. The summed E-state index contributed by atoms with van der Waals surface area (Å²) >= 11 is 0. The van der Waals surface area contributed by atoms with Gasteiger partial charge in [0.2, 0.25) is 20.0 Å². The first kappa shape index (κ1) is 43.2. The van der Waals surface area contributed by atoms with E-state index in [9.17, 15) is 16.8 Å². The van der Waals surface area contributed by atoms with Gasteiger partial charge in [-0.3, -0.25) is 0 Å². The van der Waals surface area contributed by atoms with E-state index in [1.165, 1.54) is 22.3 Å². The van der Waals surface area contributed by atoms with Crippen molar-refractivity contribution in [2.75, 3.05) is 26.2 Å². The van der Waals surface area contributed by atoms with Crippen LogP contribution in [0.5, 0.6) is 0 Å². The summed E-state index contributed by atoms with van der Waals surface area (Å²) in [7, 11) is -7.05. The molecule has 58 heavy (non-hydrogen) atoms. The predicted molar refractivity (Wildman–Crippen MR) is 232 cm³/mol. The maximum atomic E-state index is 13.4. The molecule has 2 spiro atoms. The summed E-state index contributed by atoms with van der Waals surface area (Å²) in [5, 5.41) is 0. The van der Waals surface area contributed by atoms with Crippen LogP contribution in [0, 0.1) is 25.7 Å². The lowest BCUT2D eigenvalue weighted by molar-refractivity contribution is -0.0334. The van der Waals surface area contributed by atoms with E-state index in [0.717, 1.165) is 88.2 Å². The fourth-order valence-corrected chi connectivity index (χ4v) is 13.1. The number of unbranched alkanes of at least 4 members (excludes halogenated alkanes) is 4. The number of benzene rings is 2. The zero-order chi connectivity index (χ0) is 41.3. The summed E-state index contributed by atoms with van der Waals surface area (Å²) in [5.74, 6) is 0.271. The lowest BCUT2D eigenvalue weighted by atomic mass is 9.78. The minimum Gasteiger partial charge on any atom is -0.357 e. The first-order valence-electron chi connectivity index (χ1n) is 22.1. The summed E-state index contributed by atoms with van der Waals surface area (Å²) in [5.41, 5.74) is 6.95. The van der Waals surface area contributed by atoms with E-state index >= 15 is 0 Å². The van der Waals surface area contributed by atoms with E-state index in [4.69, 9.17) is 9.47 Å². The van der Waals surface area contributed by atoms with Crippen LogP contribution >= 0.6 is 0 Å². The fraction of sp³-hybridized carbons (Fsp3) is 0.583. The van der Waals surface area contributed by atoms with Crippen LogP contribution in [0.2, 0.25) is 0 Å². The number of aryl methyl sites for hydroxylation is 2. The van der Waals surface area contributed by atoms with Gasteiger partial charge in [0.05, 0.1) is 22.0 Å². The van der Waals surface area contributed by atoms with Crippen LogP contribution in [0.15, 0.2) is 105 Å². The SMILES string of the molecule is CCCCC1=C(CCCC)[C@@H]2CN(S(=O)(=O)c3ccc(C)cc3)C[C@@]23C=C[C@@H]1O3.CCCCC1=C(CCCC)[C@@H]2CN(S(=O)(=O)c3ccc(C)cc3)C[C@@]23C=C[C@@H]1O3. The van der Waals surface area contributed by atoms with Crippen LogP contribution in [0.1, 0.15) is 116 Å². The van der Waals surface area contributed by atoms with Crippen molar-refractivity contribution in [2.45, 2.75) is 152 Å². The molecule has 2 aromatic rings. The number of ether oxygens (including phenoxy) is 2. The van der Waals surface area contributed by atoms with Gasteiger partial charge in [0, 0.05) is 38.0 Å². The highest BCUT2D eigenvalue weighted by Crippen LogP contribution is 2.53. The third-order valence-electron chi connectivity index (χ3n) is 13.5. The zero-order valence-corrected chi connectivity index (χ0v) is 37.3. The number of fused-ring (bicyclic) bond motifs is 2. The average molecular weight is 831 g/mol. The molecule has 8 nitrogen and oxygen atoms in total. The van der Waals surface area contributed by atoms with Crippen LogP contribution in [-0.2, 0) is 29.5 Å². The summed E-state index contributed by atoms with van der Waals surface area (Å²) in [6.07, 6.45) is 22.2. The third-order valence-corrected chi connectivity index (χ3v) is 17.1. The van der Waals surface area contributed by atoms with Crippen molar-refractivity contribution in [3.05, 3.63) is 106 Å². The Hall–Kier alpha value is -2.86. The predicted octanol–water partition coefficient (Wildman–Crippen LogP) is 10.00. The van der Waals surface area contributed by atoms with E-state index in [1.54, 1.807) is 32.9 Å². The van der Waals surface area contributed by atoms with Gasteiger partial charge < -0.3 is 9.47 Å². The Morgan fingerprint density at radius 2 is 0.862 bits per heavy atom. The molecule has 0 radical (unpaired) electrons. The minimum absolute atomic E-state index is 0.0340. The molecule has 8 rings (SSSR count). The van der Waals surface area contributed by atoms with Crippen molar-refractivity contribution in [1.29, 1.82) is 0 Å². The van der Waals surface area contributed by atoms with Crippen molar-refractivity contribution in [1.82, 2.24) is 8.61 Å². The number of hydrogen-bond acceptors (Lipinski definition) is 6. The van der Waals surface area contributed by atoms with Crippen molar-refractivity contribution in [3.63, 3.8) is 0 Å². The molecular formula is C48H66N2O6S2. The largest absolute Gasteiger partial charge is 0.357 e. The molecule has 2 saturated heterocycles. The molecule has 2 fully saturated rings. The number of sulfonamides is 2. The maximum absolute atomic E-state index is 13.4. The molecule has 6 atom stereocenters. The molecule has 0 amide bonds. The maximum Gasteiger partial charge on any atom is 0.243 e. The van der Waals surface area contributed by atoms with Crippen molar-refractivity contribution < 1.29 is 26.3 Å². The molecule has 0 aromatic heterocycles. The molecule has 6 aliphatic rings. The second kappa shape index (κ2) is 17.6. The Bertz CT molecular complexity index is 1990. The Kier molecular flexibility index (Phi) is 13.1. The van der Waals surface area contributed by atoms with Gasteiger partial charge in [0.1, 0.15) is 11.2 Å². The van der Waals surface area contributed by atoms with Crippen molar-refractivity contribution >= 4 is 20.0 Å².